The number of rotatable bonds is 6. The number of hydrogen-bond donors (Lipinski definition) is 2. The summed E-state index contributed by atoms with van der Waals surface area (Å²) in [6.45, 7) is 0. The van der Waals surface area contributed by atoms with E-state index in [1.54, 1.807) is 0 Å². The average Bonchev–Trinajstić information content (AvgIpc) is 2.60. The van der Waals surface area contributed by atoms with Gasteiger partial charge in [0.1, 0.15) is 17.2 Å². The van der Waals surface area contributed by atoms with Crippen LogP contribution in [0.25, 0.3) is 0 Å². The van der Waals surface area contributed by atoms with Crippen LogP contribution in [-0.2, 0) is 10.0 Å². The molecule has 0 amide bonds. The van der Waals surface area contributed by atoms with Crippen LogP contribution in [0, 0.1) is 0 Å². The fourth-order valence-electron chi connectivity index (χ4n) is 1.84. The first-order chi connectivity index (χ1) is 11.4. The van der Waals surface area contributed by atoms with Crippen LogP contribution in [0.3, 0.4) is 0 Å². The Labute approximate surface area is 138 Å². The number of nitrogens with one attached hydrogen (secondary N) is 1. The molecule has 0 aliphatic carbocycles. The number of phenols is 1. The number of azo groups is 1. The third-order valence-electron chi connectivity index (χ3n) is 3.14. The molecule has 9 heteroatoms. The maximum absolute atomic E-state index is 11.9. The molecule has 0 unspecified atom stereocenters. The van der Waals surface area contributed by atoms with Crippen molar-refractivity contribution in [3.63, 3.8) is 0 Å². The first-order valence-electron chi connectivity index (χ1n) is 6.73. The monoisotopic (exact) mass is 349 g/mol. The number of nitrogens with zero attached hydrogens (tertiary/aromatic N) is 2. The summed E-state index contributed by atoms with van der Waals surface area (Å²) in [5.74, 6) is 0.173. The molecule has 24 heavy (non-hydrogen) atoms. The normalized spacial score (nSPS) is 11.6. The molecule has 8 nitrogen and oxygen atoms in total. The van der Waals surface area contributed by atoms with Gasteiger partial charge in [0, 0.05) is 0 Å². The minimum Gasteiger partial charge on any atom is -0.507 e. The Bertz CT molecular complexity index is 894. The van der Waals surface area contributed by atoms with E-state index in [4.69, 9.17) is 4.74 Å². The minimum atomic E-state index is -3.63. The van der Waals surface area contributed by atoms with Gasteiger partial charge in [-0.3, -0.25) is 4.79 Å². The molecule has 0 atom stereocenters. The largest absolute Gasteiger partial charge is 0.507 e. The highest BCUT2D eigenvalue weighted by Crippen LogP contribution is 2.32. The zero-order valence-electron chi connectivity index (χ0n) is 12.9. The van der Waals surface area contributed by atoms with E-state index < -0.39 is 10.0 Å². The molecule has 0 saturated carbocycles. The molecular formula is C15H15N3O5S. The Kier molecular flexibility index (Phi) is 5.27. The number of carbonyl (C=O) groups excluding carboxylic acids is 1. The van der Waals surface area contributed by atoms with Crippen molar-refractivity contribution in [2.75, 3.05) is 14.2 Å². The first kappa shape index (κ1) is 17.6. The predicted octanol–water partition coefficient (Wildman–Crippen LogP) is 2.54. The SMILES string of the molecule is CNS(=O)(=O)c1ccc(OC)c(N=Nc2ccc(O)c(C=O)c2)c1. The number of carbonyl (C=O) groups is 1. The quantitative estimate of drug-likeness (QED) is 0.614. The van der Waals surface area contributed by atoms with Crippen molar-refractivity contribution < 1.29 is 23.1 Å². The lowest BCUT2D eigenvalue weighted by Crippen LogP contribution is -2.18. The van der Waals surface area contributed by atoms with Crippen molar-refractivity contribution in [1.82, 2.24) is 4.72 Å². The molecule has 126 valence electrons. The van der Waals surface area contributed by atoms with Crippen LogP contribution >= 0.6 is 0 Å². The molecule has 2 N–H and O–H groups in total. The van der Waals surface area contributed by atoms with E-state index in [0.717, 1.165) is 0 Å². The van der Waals surface area contributed by atoms with E-state index >= 15 is 0 Å². The smallest absolute Gasteiger partial charge is 0.240 e. The van der Waals surface area contributed by atoms with Crippen molar-refractivity contribution in [3.05, 3.63) is 42.0 Å². The molecule has 0 aliphatic heterocycles. The molecule has 0 saturated heterocycles. The van der Waals surface area contributed by atoms with Crippen molar-refractivity contribution >= 4 is 27.7 Å². The molecule has 2 rings (SSSR count). The highest BCUT2D eigenvalue weighted by molar-refractivity contribution is 7.89. The molecule has 0 spiro atoms. The fraction of sp³-hybridized carbons (Fsp3) is 0.133. The van der Waals surface area contributed by atoms with Gasteiger partial charge < -0.3 is 9.84 Å². The van der Waals surface area contributed by atoms with Gasteiger partial charge in [-0.2, -0.15) is 5.11 Å². The van der Waals surface area contributed by atoms with Gasteiger partial charge in [0.15, 0.2) is 6.29 Å². The van der Waals surface area contributed by atoms with E-state index in [9.17, 15) is 18.3 Å². The Hall–Kier alpha value is -2.78. The van der Waals surface area contributed by atoms with Crippen LogP contribution < -0.4 is 9.46 Å². The summed E-state index contributed by atoms with van der Waals surface area (Å²) in [6, 6.07) is 8.30. The number of aldehydes is 1. The van der Waals surface area contributed by atoms with Crippen LogP contribution in [0.2, 0.25) is 0 Å². The van der Waals surface area contributed by atoms with E-state index in [-0.39, 0.29) is 21.9 Å². The number of aromatic hydroxyl groups is 1. The summed E-state index contributed by atoms with van der Waals surface area (Å²) in [5, 5.41) is 17.4. The highest BCUT2D eigenvalue weighted by Gasteiger charge is 2.14. The summed E-state index contributed by atoms with van der Waals surface area (Å²) in [6.07, 6.45) is 0.495. The zero-order valence-corrected chi connectivity index (χ0v) is 13.7. The Morgan fingerprint density at radius 3 is 2.54 bits per heavy atom. The minimum absolute atomic E-state index is 0.0130. The number of phenolic OH excluding ortho intramolecular Hbond substituents is 1. The molecule has 2 aromatic carbocycles. The number of benzene rings is 2. The fourth-order valence-corrected chi connectivity index (χ4v) is 2.59. The second-order valence-electron chi connectivity index (χ2n) is 4.60. The van der Waals surface area contributed by atoms with Gasteiger partial charge in [-0.25, -0.2) is 13.1 Å². The Morgan fingerprint density at radius 1 is 1.17 bits per heavy atom. The third-order valence-corrected chi connectivity index (χ3v) is 4.55. The van der Waals surface area contributed by atoms with Crippen LogP contribution in [0.15, 0.2) is 51.5 Å². The molecule has 0 heterocycles. The predicted molar refractivity (Wildman–Crippen MR) is 86.9 cm³/mol. The molecule has 0 aliphatic rings. The second kappa shape index (κ2) is 7.20. The molecule has 0 bridgehead atoms. The summed E-state index contributed by atoms with van der Waals surface area (Å²) in [5.41, 5.74) is 0.596. The van der Waals surface area contributed by atoms with Crippen molar-refractivity contribution in [1.29, 1.82) is 0 Å². The summed E-state index contributed by atoms with van der Waals surface area (Å²) in [7, 11) is -0.906. The molecule has 0 radical (unpaired) electrons. The topological polar surface area (TPSA) is 117 Å². The van der Waals surface area contributed by atoms with Gasteiger partial charge >= 0.3 is 0 Å². The van der Waals surface area contributed by atoms with Crippen molar-refractivity contribution in [3.8, 4) is 11.5 Å². The Balaban J connectivity index is 2.44. The van der Waals surface area contributed by atoms with Gasteiger partial charge in [-0.15, -0.1) is 5.11 Å². The standard InChI is InChI=1S/C15H15N3O5S/c1-16-24(21,22)12-4-6-15(23-2)13(8-12)18-17-11-3-5-14(20)10(7-11)9-19/h3-9,16,20H,1-2H3. The van der Waals surface area contributed by atoms with E-state index in [2.05, 4.69) is 15.0 Å². The summed E-state index contributed by atoms with van der Waals surface area (Å²) >= 11 is 0. The lowest BCUT2D eigenvalue weighted by Gasteiger charge is -2.07. The maximum atomic E-state index is 11.9. The second-order valence-corrected chi connectivity index (χ2v) is 6.49. The summed E-state index contributed by atoms with van der Waals surface area (Å²) < 4.78 is 31.1. The van der Waals surface area contributed by atoms with E-state index in [0.29, 0.717) is 17.7 Å². The summed E-state index contributed by atoms with van der Waals surface area (Å²) in [4.78, 5) is 10.8. The average molecular weight is 349 g/mol. The highest BCUT2D eigenvalue weighted by atomic mass is 32.2. The van der Waals surface area contributed by atoms with E-state index in [1.165, 1.54) is 50.6 Å². The lowest BCUT2D eigenvalue weighted by molar-refractivity contribution is 0.112. The maximum Gasteiger partial charge on any atom is 0.240 e. The lowest BCUT2D eigenvalue weighted by atomic mass is 10.2. The number of ether oxygens (including phenoxy) is 1. The van der Waals surface area contributed by atoms with Gasteiger partial charge in [-0.05, 0) is 43.4 Å². The molecule has 0 aromatic heterocycles. The van der Waals surface area contributed by atoms with Crippen molar-refractivity contribution in [2.45, 2.75) is 4.90 Å². The third kappa shape index (κ3) is 3.76. The zero-order chi connectivity index (χ0) is 17.7. The van der Waals surface area contributed by atoms with Crippen LogP contribution in [0.4, 0.5) is 11.4 Å². The van der Waals surface area contributed by atoms with Gasteiger partial charge in [0.2, 0.25) is 10.0 Å². The number of hydrogen-bond acceptors (Lipinski definition) is 7. The molecule has 0 fully saturated rings. The number of methoxy groups -OCH3 is 1. The first-order valence-corrected chi connectivity index (χ1v) is 8.21. The van der Waals surface area contributed by atoms with Gasteiger partial charge in [0.25, 0.3) is 0 Å². The Morgan fingerprint density at radius 2 is 1.92 bits per heavy atom. The van der Waals surface area contributed by atoms with Crippen molar-refractivity contribution in [2.24, 2.45) is 10.2 Å². The van der Waals surface area contributed by atoms with Gasteiger partial charge in [0.05, 0.1) is 23.3 Å². The number of sulfonamides is 1. The van der Waals surface area contributed by atoms with E-state index in [1.807, 2.05) is 0 Å². The van der Waals surface area contributed by atoms with Crippen LogP contribution in [-0.4, -0.2) is 34.0 Å². The van der Waals surface area contributed by atoms with Crippen LogP contribution in [0.5, 0.6) is 11.5 Å². The molecular weight excluding hydrogens is 334 g/mol. The van der Waals surface area contributed by atoms with Gasteiger partial charge in [-0.1, -0.05) is 0 Å². The van der Waals surface area contributed by atoms with Crippen LogP contribution in [0.1, 0.15) is 10.4 Å². The molecule has 2 aromatic rings.